The number of imidazole rings is 1. The Morgan fingerprint density at radius 2 is 2.00 bits per heavy atom. The predicted molar refractivity (Wildman–Crippen MR) is 92.1 cm³/mol. The lowest BCUT2D eigenvalue weighted by atomic mass is 9.74. The van der Waals surface area contributed by atoms with Crippen LogP contribution in [0.15, 0.2) is 36.7 Å². The summed E-state index contributed by atoms with van der Waals surface area (Å²) in [6.45, 7) is 5.26. The summed E-state index contributed by atoms with van der Waals surface area (Å²) in [5.74, 6) is -0.0893. The van der Waals surface area contributed by atoms with E-state index in [1.807, 2.05) is 17.8 Å². The zero-order chi connectivity index (χ0) is 18.2. The Balaban J connectivity index is 1.65. The van der Waals surface area contributed by atoms with E-state index in [2.05, 4.69) is 24.1 Å². The van der Waals surface area contributed by atoms with E-state index in [0.29, 0.717) is 13.1 Å². The van der Waals surface area contributed by atoms with Gasteiger partial charge in [-0.1, -0.05) is 26.0 Å². The van der Waals surface area contributed by atoms with Crippen LogP contribution >= 0.6 is 0 Å². The Hall–Kier alpha value is -2.83. The number of nitrogens with zero attached hydrogens (tertiary/aromatic N) is 3. The van der Waals surface area contributed by atoms with Crippen molar-refractivity contribution in [2.24, 2.45) is 12.5 Å². The van der Waals surface area contributed by atoms with E-state index in [4.69, 9.17) is 5.11 Å². The molecule has 1 aliphatic rings. The fraction of sp³-hybridized carbons (Fsp3) is 0.389. The fourth-order valence-electron chi connectivity index (χ4n) is 3.29. The Bertz CT molecular complexity index is 795. The molecule has 0 radical (unpaired) electrons. The van der Waals surface area contributed by atoms with Crippen molar-refractivity contribution < 1.29 is 14.7 Å². The summed E-state index contributed by atoms with van der Waals surface area (Å²) in [6, 6.07) is 6.28. The first-order valence-corrected chi connectivity index (χ1v) is 8.13. The molecule has 1 aromatic carbocycles. The smallest absolute Gasteiger partial charge is 0.335 e. The van der Waals surface area contributed by atoms with Gasteiger partial charge in [0.05, 0.1) is 11.6 Å². The van der Waals surface area contributed by atoms with Gasteiger partial charge in [0, 0.05) is 37.9 Å². The SMILES string of the molecule is Cn1ccnc1C1N(C(=O)NCc2ccc(C(=O)O)cc2)CC1(C)C. The molecule has 1 aromatic heterocycles. The van der Waals surface area contributed by atoms with Crippen LogP contribution in [0.25, 0.3) is 0 Å². The minimum atomic E-state index is -0.962. The fourth-order valence-corrected chi connectivity index (χ4v) is 3.29. The molecule has 1 aliphatic heterocycles. The third-order valence-corrected chi connectivity index (χ3v) is 4.64. The van der Waals surface area contributed by atoms with Crippen molar-refractivity contribution >= 4 is 12.0 Å². The number of amides is 2. The van der Waals surface area contributed by atoms with Gasteiger partial charge in [-0.2, -0.15) is 0 Å². The molecular formula is C18H22N4O3. The number of aryl methyl sites for hydroxylation is 1. The van der Waals surface area contributed by atoms with Gasteiger partial charge in [-0.15, -0.1) is 0 Å². The second-order valence-corrected chi connectivity index (χ2v) is 7.08. The second kappa shape index (κ2) is 6.23. The van der Waals surface area contributed by atoms with Crippen LogP contribution in [0, 0.1) is 5.41 Å². The van der Waals surface area contributed by atoms with Crippen molar-refractivity contribution in [2.75, 3.05) is 6.54 Å². The molecule has 1 fully saturated rings. The lowest BCUT2D eigenvalue weighted by molar-refractivity contribution is -0.0230. The van der Waals surface area contributed by atoms with Crippen molar-refractivity contribution in [1.29, 1.82) is 0 Å². The monoisotopic (exact) mass is 342 g/mol. The summed E-state index contributed by atoms with van der Waals surface area (Å²) in [5, 5.41) is 11.8. The number of aromatic nitrogens is 2. The minimum Gasteiger partial charge on any atom is -0.478 e. The molecule has 0 bridgehead atoms. The number of carboxylic acids is 1. The number of urea groups is 1. The summed E-state index contributed by atoms with van der Waals surface area (Å²) < 4.78 is 1.94. The van der Waals surface area contributed by atoms with E-state index >= 15 is 0 Å². The van der Waals surface area contributed by atoms with E-state index in [1.165, 1.54) is 12.1 Å². The maximum Gasteiger partial charge on any atom is 0.335 e. The quantitative estimate of drug-likeness (QED) is 0.893. The molecule has 2 N–H and O–H groups in total. The van der Waals surface area contributed by atoms with Gasteiger partial charge in [0.2, 0.25) is 0 Å². The number of carbonyl (C=O) groups is 2. The number of rotatable bonds is 4. The number of hydrogen-bond donors (Lipinski definition) is 2. The van der Waals surface area contributed by atoms with E-state index in [0.717, 1.165) is 11.4 Å². The molecule has 25 heavy (non-hydrogen) atoms. The Labute approximate surface area is 146 Å². The molecule has 2 heterocycles. The second-order valence-electron chi connectivity index (χ2n) is 7.08. The largest absolute Gasteiger partial charge is 0.478 e. The maximum absolute atomic E-state index is 12.6. The highest BCUT2D eigenvalue weighted by molar-refractivity contribution is 5.87. The summed E-state index contributed by atoms with van der Waals surface area (Å²) >= 11 is 0. The first kappa shape index (κ1) is 17.0. The van der Waals surface area contributed by atoms with Gasteiger partial charge in [-0.25, -0.2) is 14.6 Å². The van der Waals surface area contributed by atoms with Gasteiger partial charge in [-0.3, -0.25) is 0 Å². The predicted octanol–water partition coefficient (Wildman–Crippen LogP) is 2.41. The molecule has 1 unspecified atom stereocenters. The number of carboxylic acid groups (broad SMARTS) is 1. The molecule has 2 aromatic rings. The third kappa shape index (κ3) is 3.22. The van der Waals surface area contributed by atoms with Gasteiger partial charge < -0.3 is 19.9 Å². The molecule has 0 spiro atoms. The Morgan fingerprint density at radius 3 is 2.52 bits per heavy atom. The number of benzene rings is 1. The van der Waals surface area contributed by atoms with Crippen LogP contribution in [0.1, 0.15) is 41.6 Å². The van der Waals surface area contributed by atoms with Crippen molar-refractivity contribution in [3.8, 4) is 0 Å². The normalized spacial score (nSPS) is 18.5. The van der Waals surface area contributed by atoms with Crippen molar-refractivity contribution in [3.05, 3.63) is 53.6 Å². The number of likely N-dealkylation sites (tertiary alicyclic amines) is 1. The first-order valence-electron chi connectivity index (χ1n) is 8.13. The standard InChI is InChI=1S/C18H22N4O3/c1-18(2)11-22(14(18)15-19-8-9-21(15)3)17(25)20-10-12-4-6-13(7-5-12)16(23)24/h4-9,14H,10-11H2,1-3H3,(H,20,25)(H,23,24). The average molecular weight is 342 g/mol. The van der Waals surface area contributed by atoms with Crippen molar-refractivity contribution in [3.63, 3.8) is 0 Å². The Kier molecular flexibility index (Phi) is 4.24. The highest BCUT2D eigenvalue weighted by Gasteiger charge is 2.50. The van der Waals surface area contributed by atoms with Gasteiger partial charge in [-0.05, 0) is 17.7 Å². The first-order chi connectivity index (χ1) is 11.8. The number of aromatic carboxylic acids is 1. The summed E-state index contributed by atoms with van der Waals surface area (Å²) in [5.41, 5.74) is 1.06. The third-order valence-electron chi connectivity index (χ3n) is 4.64. The Morgan fingerprint density at radius 1 is 1.32 bits per heavy atom. The lowest BCUT2D eigenvalue weighted by Gasteiger charge is -2.53. The van der Waals surface area contributed by atoms with Crippen molar-refractivity contribution in [1.82, 2.24) is 19.8 Å². The van der Waals surface area contributed by atoms with Crippen LogP contribution in [0.4, 0.5) is 4.79 Å². The number of carbonyl (C=O) groups excluding carboxylic acids is 1. The van der Waals surface area contributed by atoms with Crippen LogP contribution in [0.2, 0.25) is 0 Å². The zero-order valence-corrected chi connectivity index (χ0v) is 14.6. The van der Waals surface area contributed by atoms with Gasteiger partial charge in [0.25, 0.3) is 0 Å². The van der Waals surface area contributed by atoms with Gasteiger partial charge in [0.15, 0.2) is 0 Å². The highest BCUT2D eigenvalue weighted by Crippen LogP contribution is 2.47. The van der Waals surface area contributed by atoms with Gasteiger partial charge >= 0.3 is 12.0 Å². The number of nitrogens with one attached hydrogen (secondary N) is 1. The molecule has 0 saturated carbocycles. The molecular weight excluding hydrogens is 320 g/mol. The minimum absolute atomic E-state index is 0.0282. The summed E-state index contributed by atoms with van der Waals surface area (Å²) in [6.07, 6.45) is 3.62. The molecule has 2 amide bonds. The molecule has 1 atom stereocenters. The summed E-state index contributed by atoms with van der Waals surface area (Å²) in [7, 11) is 1.93. The van der Waals surface area contributed by atoms with Crippen LogP contribution < -0.4 is 5.32 Å². The van der Waals surface area contributed by atoms with Gasteiger partial charge in [0.1, 0.15) is 5.82 Å². The number of hydrogen-bond acceptors (Lipinski definition) is 3. The molecule has 7 nitrogen and oxygen atoms in total. The van der Waals surface area contributed by atoms with Crippen LogP contribution in [-0.4, -0.2) is 38.1 Å². The van der Waals surface area contributed by atoms with E-state index in [9.17, 15) is 9.59 Å². The zero-order valence-electron chi connectivity index (χ0n) is 14.6. The molecule has 0 aliphatic carbocycles. The maximum atomic E-state index is 12.6. The van der Waals surface area contributed by atoms with Crippen molar-refractivity contribution in [2.45, 2.75) is 26.4 Å². The lowest BCUT2D eigenvalue weighted by Crippen LogP contribution is -2.60. The molecule has 7 heteroatoms. The highest BCUT2D eigenvalue weighted by atomic mass is 16.4. The molecule has 132 valence electrons. The topological polar surface area (TPSA) is 87.5 Å². The van der Waals surface area contributed by atoms with Crippen LogP contribution in [0.3, 0.4) is 0 Å². The van der Waals surface area contributed by atoms with Crippen LogP contribution in [0.5, 0.6) is 0 Å². The molecule has 1 saturated heterocycles. The summed E-state index contributed by atoms with van der Waals surface area (Å²) in [4.78, 5) is 29.6. The van der Waals surface area contributed by atoms with Crippen LogP contribution in [-0.2, 0) is 13.6 Å². The average Bonchev–Trinajstić information content (AvgIpc) is 2.96. The van der Waals surface area contributed by atoms with E-state index in [1.54, 1.807) is 23.2 Å². The van der Waals surface area contributed by atoms with E-state index < -0.39 is 5.97 Å². The molecule has 3 rings (SSSR count). The van der Waals surface area contributed by atoms with E-state index in [-0.39, 0.29) is 23.1 Å².